The molecule has 1 aromatic carbocycles. The fraction of sp³-hybridized carbons (Fsp3) is 0.611. The molecule has 0 amide bonds. The maximum absolute atomic E-state index is 11.2. The van der Waals surface area contributed by atoms with Crippen LogP contribution in [0.3, 0.4) is 0 Å². The standard InChI is InChI=1S/C18H29NO4/c1-5-22-18(23-6-2)15-9-7-14(8-10-15)12-19-16(17(20)21)11-13(3)4/h7-10,13,16,18-19H,5-6,11-12H2,1-4H3,(H,20,21)/t16-/m0/s1. The molecule has 23 heavy (non-hydrogen) atoms. The van der Waals surface area contributed by atoms with E-state index in [0.717, 1.165) is 11.1 Å². The Labute approximate surface area is 139 Å². The van der Waals surface area contributed by atoms with Gasteiger partial charge in [-0.1, -0.05) is 38.1 Å². The second-order valence-electron chi connectivity index (χ2n) is 5.89. The highest BCUT2D eigenvalue weighted by Gasteiger charge is 2.18. The molecule has 5 heteroatoms. The largest absolute Gasteiger partial charge is 0.480 e. The summed E-state index contributed by atoms with van der Waals surface area (Å²) in [5, 5.41) is 12.3. The number of aliphatic carboxylic acids is 1. The summed E-state index contributed by atoms with van der Waals surface area (Å²) in [6, 6.07) is 7.36. The first-order chi connectivity index (χ1) is 11.0. The summed E-state index contributed by atoms with van der Waals surface area (Å²) in [5.74, 6) is -0.466. The Morgan fingerprint density at radius 1 is 1.13 bits per heavy atom. The van der Waals surface area contributed by atoms with Crippen molar-refractivity contribution >= 4 is 5.97 Å². The van der Waals surface area contributed by atoms with Crippen LogP contribution in [0.2, 0.25) is 0 Å². The number of hydrogen-bond donors (Lipinski definition) is 2. The average Bonchev–Trinajstić information content (AvgIpc) is 2.51. The molecule has 0 heterocycles. The Hall–Kier alpha value is -1.43. The van der Waals surface area contributed by atoms with Gasteiger partial charge in [0.25, 0.3) is 0 Å². The van der Waals surface area contributed by atoms with Crippen molar-refractivity contribution in [1.82, 2.24) is 5.32 Å². The fourth-order valence-electron chi connectivity index (χ4n) is 2.32. The molecule has 130 valence electrons. The number of carbonyl (C=O) groups is 1. The SMILES string of the molecule is CCOC(OCC)c1ccc(CN[C@@H](CC(C)C)C(=O)O)cc1. The van der Waals surface area contributed by atoms with Crippen LogP contribution in [-0.4, -0.2) is 30.3 Å². The van der Waals surface area contributed by atoms with Gasteiger partial charge in [0.1, 0.15) is 6.04 Å². The minimum absolute atomic E-state index is 0.337. The van der Waals surface area contributed by atoms with E-state index < -0.39 is 12.0 Å². The maximum Gasteiger partial charge on any atom is 0.320 e. The predicted molar refractivity (Wildman–Crippen MR) is 90.2 cm³/mol. The van der Waals surface area contributed by atoms with Gasteiger partial charge in [-0.05, 0) is 31.7 Å². The van der Waals surface area contributed by atoms with Crippen LogP contribution < -0.4 is 5.32 Å². The first-order valence-corrected chi connectivity index (χ1v) is 8.26. The third-order valence-corrected chi connectivity index (χ3v) is 3.45. The van der Waals surface area contributed by atoms with E-state index in [9.17, 15) is 9.90 Å². The van der Waals surface area contributed by atoms with Crippen LogP contribution in [0.4, 0.5) is 0 Å². The molecule has 1 rings (SSSR count). The van der Waals surface area contributed by atoms with E-state index in [4.69, 9.17) is 9.47 Å². The molecule has 1 aromatic rings. The number of carboxylic acids is 1. The molecule has 0 unspecified atom stereocenters. The van der Waals surface area contributed by atoms with E-state index in [0.29, 0.717) is 32.1 Å². The van der Waals surface area contributed by atoms with Crippen LogP contribution in [0.25, 0.3) is 0 Å². The topological polar surface area (TPSA) is 67.8 Å². The lowest BCUT2D eigenvalue weighted by atomic mass is 10.0. The Bertz CT molecular complexity index is 453. The molecule has 0 saturated carbocycles. The molecule has 2 N–H and O–H groups in total. The van der Waals surface area contributed by atoms with E-state index in [1.165, 1.54) is 0 Å². The van der Waals surface area contributed by atoms with Gasteiger partial charge in [-0.25, -0.2) is 0 Å². The zero-order chi connectivity index (χ0) is 17.2. The zero-order valence-corrected chi connectivity index (χ0v) is 14.5. The van der Waals surface area contributed by atoms with E-state index >= 15 is 0 Å². The lowest BCUT2D eigenvalue weighted by Gasteiger charge is -2.18. The van der Waals surface area contributed by atoms with Crippen LogP contribution in [0.15, 0.2) is 24.3 Å². The van der Waals surface area contributed by atoms with Gasteiger partial charge < -0.3 is 19.9 Å². The Morgan fingerprint density at radius 2 is 1.70 bits per heavy atom. The highest BCUT2D eigenvalue weighted by Crippen LogP contribution is 2.19. The summed E-state index contributed by atoms with van der Waals surface area (Å²) >= 11 is 0. The second kappa shape index (κ2) is 10.4. The number of nitrogens with one attached hydrogen (secondary N) is 1. The molecule has 0 spiro atoms. The lowest BCUT2D eigenvalue weighted by Crippen LogP contribution is -2.37. The Kier molecular flexibility index (Phi) is 8.84. The highest BCUT2D eigenvalue weighted by molar-refractivity contribution is 5.73. The zero-order valence-electron chi connectivity index (χ0n) is 14.5. The summed E-state index contributed by atoms with van der Waals surface area (Å²) in [7, 11) is 0. The second-order valence-corrected chi connectivity index (χ2v) is 5.89. The molecular formula is C18H29NO4. The monoisotopic (exact) mass is 323 g/mol. The first-order valence-electron chi connectivity index (χ1n) is 8.26. The number of ether oxygens (including phenoxy) is 2. The van der Waals surface area contributed by atoms with Crippen molar-refractivity contribution in [3.8, 4) is 0 Å². The van der Waals surface area contributed by atoms with E-state index in [1.807, 2.05) is 52.0 Å². The van der Waals surface area contributed by atoms with Gasteiger partial charge in [0.2, 0.25) is 0 Å². The molecule has 0 radical (unpaired) electrons. The van der Waals surface area contributed by atoms with Crippen LogP contribution in [0.5, 0.6) is 0 Å². The number of carboxylic acid groups (broad SMARTS) is 1. The Balaban J connectivity index is 2.63. The third-order valence-electron chi connectivity index (χ3n) is 3.45. The van der Waals surface area contributed by atoms with Crippen LogP contribution in [0, 0.1) is 5.92 Å². The molecule has 5 nitrogen and oxygen atoms in total. The molecule has 0 aliphatic rings. The minimum Gasteiger partial charge on any atom is -0.480 e. The normalized spacial score (nSPS) is 12.8. The molecule has 0 aliphatic carbocycles. The van der Waals surface area contributed by atoms with Gasteiger partial charge in [0, 0.05) is 25.3 Å². The van der Waals surface area contributed by atoms with Crippen molar-refractivity contribution in [2.45, 2.75) is 53.0 Å². The van der Waals surface area contributed by atoms with Gasteiger partial charge in [0.05, 0.1) is 0 Å². The third kappa shape index (κ3) is 7.12. The molecule has 0 fully saturated rings. The number of rotatable bonds is 11. The van der Waals surface area contributed by atoms with E-state index in [2.05, 4.69) is 5.32 Å². The van der Waals surface area contributed by atoms with Gasteiger partial charge >= 0.3 is 5.97 Å². The molecule has 0 aliphatic heterocycles. The van der Waals surface area contributed by atoms with Crippen LogP contribution >= 0.6 is 0 Å². The molecule has 0 bridgehead atoms. The predicted octanol–water partition coefficient (Wildman–Crippen LogP) is 3.35. The molecule has 1 atom stereocenters. The lowest BCUT2D eigenvalue weighted by molar-refractivity contribution is -0.140. The van der Waals surface area contributed by atoms with Crippen molar-refractivity contribution < 1.29 is 19.4 Å². The first kappa shape index (κ1) is 19.6. The van der Waals surface area contributed by atoms with Crippen LogP contribution in [-0.2, 0) is 20.8 Å². The average molecular weight is 323 g/mol. The summed E-state index contributed by atoms with van der Waals surface area (Å²) in [4.78, 5) is 11.2. The molecular weight excluding hydrogens is 294 g/mol. The number of benzene rings is 1. The van der Waals surface area contributed by atoms with Gasteiger partial charge in [-0.2, -0.15) is 0 Å². The van der Waals surface area contributed by atoms with Crippen molar-refractivity contribution in [3.63, 3.8) is 0 Å². The van der Waals surface area contributed by atoms with E-state index in [1.54, 1.807) is 0 Å². The Morgan fingerprint density at radius 3 is 2.13 bits per heavy atom. The highest BCUT2D eigenvalue weighted by atomic mass is 16.7. The van der Waals surface area contributed by atoms with Crippen molar-refractivity contribution in [3.05, 3.63) is 35.4 Å². The van der Waals surface area contributed by atoms with Gasteiger partial charge in [-0.15, -0.1) is 0 Å². The molecule has 0 aromatic heterocycles. The number of hydrogen-bond acceptors (Lipinski definition) is 4. The molecule has 0 saturated heterocycles. The minimum atomic E-state index is -0.803. The smallest absolute Gasteiger partial charge is 0.320 e. The van der Waals surface area contributed by atoms with Gasteiger partial charge in [-0.3, -0.25) is 4.79 Å². The summed E-state index contributed by atoms with van der Waals surface area (Å²) in [5.41, 5.74) is 2.00. The van der Waals surface area contributed by atoms with Crippen molar-refractivity contribution in [1.29, 1.82) is 0 Å². The van der Waals surface area contributed by atoms with Gasteiger partial charge in [0.15, 0.2) is 6.29 Å². The van der Waals surface area contributed by atoms with Crippen molar-refractivity contribution in [2.75, 3.05) is 13.2 Å². The maximum atomic E-state index is 11.2. The summed E-state index contributed by atoms with van der Waals surface area (Å²) < 4.78 is 11.1. The summed E-state index contributed by atoms with van der Waals surface area (Å²) in [6.07, 6.45) is 0.268. The van der Waals surface area contributed by atoms with Crippen LogP contribution in [0.1, 0.15) is 51.5 Å². The van der Waals surface area contributed by atoms with E-state index in [-0.39, 0.29) is 6.29 Å². The quantitative estimate of drug-likeness (QED) is 0.611. The fourth-order valence-corrected chi connectivity index (χ4v) is 2.32. The van der Waals surface area contributed by atoms with Crippen molar-refractivity contribution in [2.24, 2.45) is 5.92 Å². The summed E-state index contributed by atoms with van der Waals surface area (Å²) in [6.45, 7) is 9.61.